The number of hydrogen-bond donors (Lipinski definition) is 3. The summed E-state index contributed by atoms with van der Waals surface area (Å²) in [7, 11) is 5.09. The summed E-state index contributed by atoms with van der Waals surface area (Å²) in [6, 6.07) is 7.27. The van der Waals surface area contributed by atoms with Crippen molar-refractivity contribution in [1.29, 1.82) is 0 Å². The van der Waals surface area contributed by atoms with Gasteiger partial charge in [0.15, 0.2) is 0 Å². The van der Waals surface area contributed by atoms with Gasteiger partial charge in [-0.1, -0.05) is 33.8 Å². The Kier molecular flexibility index (Phi) is 14.1. The van der Waals surface area contributed by atoms with Crippen LogP contribution in [0.5, 0.6) is 0 Å². The van der Waals surface area contributed by atoms with Crippen LogP contribution in [0.15, 0.2) is 41.9 Å². The summed E-state index contributed by atoms with van der Waals surface area (Å²) in [6.45, 7) is 15.4. The quantitative estimate of drug-likeness (QED) is 0.140. The Morgan fingerprint density at radius 1 is 1.12 bits per heavy atom. The summed E-state index contributed by atoms with van der Waals surface area (Å²) in [5.74, 6) is -1.44. The number of likely N-dealkylation sites (N-methyl/N-ethyl adjacent to an activating group) is 2. The van der Waals surface area contributed by atoms with E-state index in [1.165, 1.54) is 21.2 Å². The predicted octanol–water partition coefficient (Wildman–Crippen LogP) is 4.64. The van der Waals surface area contributed by atoms with Gasteiger partial charge in [0.2, 0.25) is 11.8 Å². The molecule has 17 nitrogen and oxygen atoms in total. The Morgan fingerprint density at radius 2 is 1.88 bits per heavy atom. The van der Waals surface area contributed by atoms with Gasteiger partial charge in [-0.3, -0.25) is 29.2 Å². The van der Waals surface area contributed by atoms with Crippen LogP contribution in [-0.2, 0) is 48.0 Å². The lowest BCUT2D eigenvalue weighted by Gasteiger charge is -2.44. The monoisotopic (exact) mass is 938 g/mol. The maximum Gasteiger partial charge on any atom is 0.324 e. The number of hydrogen-bond acceptors (Lipinski definition) is 12. The van der Waals surface area contributed by atoms with Crippen LogP contribution >= 0.6 is 11.3 Å². The fourth-order valence-electron chi connectivity index (χ4n) is 9.91. The molecule has 5 atom stereocenters. The van der Waals surface area contributed by atoms with E-state index in [4.69, 9.17) is 19.4 Å². The molecule has 4 aromatic rings. The molecule has 3 aromatic heterocycles. The van der Waals surface area contributed by atoms with Crippen LogP contribution in [0.2, 0.25) is 0 Å². The van der Waals surface area contributed by atoms with E-state index in [-0.39, 0.29) is 48.9 Å². The summed E-state index contributed by atoms with van der Waals surface area (Å²) < 4.78 is 14.2. The number of hydrazine groups is 1. The third-order valence-corrected chi connectivity index (χ3v) is 14.5. The molecule has 18 heteroatoms. The number of aryl methyl sites for hydroxylation is 1. The summed E-state index contributed by atoms with van der Waals surface area (Å²) in [5, 5.41) is 11.2. The maximum absolute atomic E-state index is 14.6. The number of carbonyl (C=O) groups is 5. The fraction of sp³-hybridized carbons (Fsp3) is 0.571. The summed E-state index contributed by atoms with van der Waals surface area (Å²) in [5.41, 5.74) is 9.29. The molecule has 3 fully saturated rings. The SMILES string of the molecule is CCn1c(-c2cccnc2[C@H](C)OC)c2c3cc(ccc31)-c1csc(n1)C[C@H](NC(=O)C(C(C)C)N(C)C(=O)N1CC(CN(C)C(=O)[C@H]3CN3)C1)C(=O)N1CCC[C@H](N1)C(=O)OCC(C)(C)C2. The molecule has 3 saturated heterocycles. The third-order valence-electron chi connectivity index (χ3n) is 13.6. The highest BCUT2D eigenvalue weighted by Gasteiger charge is 2.42. The van der Waals surface area contributed by atoms with Crippen molar-refractivity contribution in [2.45, 2.75) is 104 Å². The molecule has 3 N–H and O–H groups in total. The first-order valence-corrected chi connectivity index (χ1v) is 24.5. The molecule has 6 bridgehead atoms. The molecule has 0 aliphatic carbocycles. The number of esters is 1. The average Bonchev–Trinajstić information content (AvgIpc) is 3.98. The largest absolute Gasteiger partial charge is 0.464 e. The number of aromatic nitrogens is 3. The van der Waals surface area contributed by atoms with E-state index in [1.807, 2.05) is 32.2 Å². The normalized spacial score (nSPS) is 21.9. The zero-order valence-electron chi connectivity index (χ0n) is 40.3. The second kappa shape index (κ2) is 19.7. The van der Waals surface area contributed by atoms with E-state index >= 15 is 0 Å². The predicted molar refractivity (Wildman–Crippen MR) is 256 cm³/mol. The van der Waals surface area contributed by atoms with Crippen LogP contribution in [-0.4, -0.2) is 149 Å². The van der Waals surface area contributed by atoms with Gasteiger partial charge in [0.05, 0.1) is 40.8 Å². The average molecular weight is 939 g/mol. The minimum atomic E-state index is -1.07. The molecule has 0 radical (unpaired) electrons. The molecular weight excluding hydrogens is 873 g/mol. The second-order valence-corrected chi connectivity index (χ2v) is 20.7. The topological polar surface area (TPSA) is 193 Å². The minimum Gasteiger partial charge on any atom is -0.464 e. The number of carbonyl (C=O) groups excluding carboxylic acids is 5. The van der Waals surface area contributed by atoms with Crippen molar-refractivity contribution in [2.75, 3.05) is 60.5 Å². The van der Waals surface area contributed by atoms with Gasteiger partial charge in [0.1, 0.15) is 18.1 Å². The van der Waals surface area contributed by atoms with E-state index in [2.05, 4.69) is 65.7 Å². The van der Waals surface area contributed by atoms with E-state index in [0.717, 1.165) is 44.7 Å². The highest BCUT2D eigenvalue weighted by molar-refractivity contribution is 7.10. The molecule has 7 heterocycles. The number of methoxy groups -OCH3 is 1. The molecule has 67 heavy (non-hydrogen) atoms. The molecule has 4 aliphatic rings. The number of urea groups is 1. The van der Waals surface area contributed by atoms with Crippen LogP contribution in [0.1, 0.15) is 76.8 Å². The first kappa shape index (κ1) is 48.0. The lowest BCUT2D eigenvalue weighted by Crippen LogP contribution is -2.63. The molecular formula is C49H66N10O7S. The van der Waals surface area contributed by atoms with Crippen LogP contribution in [0.25, 0.3) is 33.4 Å². The molecule has 1 aromatic carbocycles. The van der Waals surface area contributed by atoms with Crippen LogP contribution in [0.3, 0.4) is 0 Å². The number of fused-ring (bicyclic) bond motifs is 6. The second-order valence-electron chi connectivity index (χ2n) is 19.8. The number of benzene rings is 1. The number of ether oxygens (including phenoxy) is 2. The van der Waals surface area contributed by atoms with Gasteiger partial charge in [-0.25, -0.2) is 15.2 Å². The number of thiazole rings is 1. The Balaban J connectivity index is 1.10. The number of cyclic esters (lactones) is 1. The number of likely N-dealkylation sites (tertiary alicyclic amines) is 1. The van der Waals surface area contributed by atoms with Crippen molar-refractivity contribution in [1.82, 2.24) is 50.3 Å². The summed E-state index contributed by atoms with van der Waals surface area (Å²) >= 11 is 1.41. The van der Waals surface area contributed by atoms with Crippen molar-refractivity contribution in [3.63, 3.8) is 0 Å². The van der Waals surface area contributed by atoms with Crippen LogP contribution in [0.4, 0.5) is 4.79 Å². The number of amides is 5. The Hall–Kier alpha value is -5.43. The van der Waals surface area contributed by atoms with Gasteiger partial charge in [0, 0.05) is 112 Å². The van der Waals surface area contributed by atoms with Crippen LogP contribution < -0.4 is 16.1 Å². The van der Waals surface area contributed by atoms with Gasteiger partial charge >= 0.3 is 12.0 Å². The van der Waals surface area contributed by atoms with Crippen LogP contribution in [0, 0.1) is 17.3 Å². The van der Waals surface area contributed by atoms with Gasteiger partial charge in [-0.05, 0) is 68.9 Å². The number of rotatable bonds is 11. The van der Waals surface area contributed by atoms with Crippen molar-refractivity contribution in [2.24, 2.45) is 17.3 Å². The molecule has 8 rings (SSSR count). The standard InChI is InChI=1S/C49H66N10O7S/c1-10-58-39-16-15-31-19-33(39)34(43(58)32-13-11-17-50-41(32)29(4)65-9)21-49(5,6)27-66-47(63)35-14-12-18-59(54-35)46(62)36(20-40-52-38(31)26-67-40)53-44(60)42(28(2)3)56(8)48(64)57-24-30(25-57)23-55(7)45(61)37-22-51-37/h11,13,15-17,19,26,28-30,35-37,42,51,54H,10,12,14,18,20-25,27H2,1-9H3,(H,53,60)/t29-,35-,36-,37+,42?/m0/s1. The fourth-order valence-corrected chi connectivity index (χ4v) is 10.8. The Bertz CT molecular complexity index is 2510. The maximum atomic E-state index is 14.6. The summed E-state index contributed by atoms with van der Waals surface area (Å²) in [4.78, 5) is 84.1. The van der Waals surface area contributed by atoms with Gasteiger partial charge < -0.3 is 39.4 Å². The smallest absolute Gasteiger partial charge is 0.324 e. The molecule has 0 saturated carbocycles. The minimum absolute atomic E-state index is 0.0567. The highest BCUT2D eigenvalue weighted by atomic mass is 32.1. The lowest BCUT2D eigenvalue weighted by molar-refractivity contribution is -0.155. The molecule has 0 spiro atoms. The van der Waals surface area contributed by atoms with Crippen molar-refractivity contribution in [3.8, 4) is 22.5 Å². The first-order valence-electron chi connectivity index (χ1n) is 23.6. The van der Waals surface area contributed by atoms with Gasteiger partial charge in [-0.2, -0.15) is 0 Å². The number of pyridine rings is 1. The van der Waals surface area contributed by atoms with E-state index in [9.17, 15) is 24.0 Å². The van der Waals surface area contributed by atoms with Crippen molar-refractivity contribution < 1.29 is 33.4 Å². The third kappa shape index (κ3) is 10.1. The molecule has 5 amide bonds. The lowest BCUT2D eigenvalue weighted by atomic mass is 9.84. The molecule has 4 aliphatic heterocycles. The molecule has 1 unspecified atom stereocenters. The van der Waals surface area contributed by atoms with Gasteiger partial charge in [0.25, 0.3) is 5.91 Å². The number of nitrogens with one attached hydrogen (secondary N) is 3. The Morgan fingerprint density at radius 3 is 2.58 bits per heavy atom. The highest BCUT2D eigenvalue weighted by Crippen LogP contribution is 2.42. The van der Waals surface area contributed by atoms with E-state index < -0.39 is 41.3 Å². The zero-order valence-corrected chi connectivity index (χ0v) is 41.1. The molecule has 360 valence electrons. The summed E-state index contributed by atoms with van der Waals surface area (Å²) in [6.07, 6.45) is 3.21. The van der Waals surface area contributed by atoms with Gasteiger partial charge in [-0.15, -0.1) is 11.3 Å². The van der Waals surface area contributed by atoms with E-state index in [1.54, 1.807) is 37.2 Å². The number of nitrogens with zero attached hydrogens (tertiary/aromatic N) is 7. The first-order chi connectivity index (χ1) is 32.0. The Labute approximate surface area is 396 Å². The van der Waals surface area contributed by atoms with E-state index in [0.29, 0.717) is 63.5 Å². The van der Waals surface area contributed by atoms with Crippen molar-refractivity contribution >= 4 is 52.0 Å². The van der Waals surface area contributed by atoms with Crippen molar-refractivity contribution in [3.05, 3.63) is 58.2 Å². The zero-order chi connectivity index (χ0) is 47.9.